The second-order valence-electron chi connectivity index (χ2n) is 7.25. The van der Waals surface area contributed by atoms with Gasteiger partial charge < -0.3 is 20.3 Å². The van der Waals surface area contributed by atoms with E-state index in [2.05, 4.69) is 9.88 Å². The SMILES string of the molecule is CC(C)(C)OC(=O)N1C[C@@H]2CN(c3ccc(N)nc3)C[C@@H]2C1. The average Bonchev–Trinajstić information content (AvgIpc) is 2.95. The lowest BCUT2D eigenvalue weighted by Gasteiger charge is -2.26. The van der Waals surface area contributed by atoms with E-state index >= 15 is 0 Å². The van der Waals surface area contributed by atoms with Crippen molar-refractivity contribution in [2.45, 2.75) is 26.4 Å². The summed E-state index contributed by atoms with van der Waals surface area (Å²) in [5.41, 5.74) is 6.30. The lowest BCUT2D eigenvalue weighted by Crippen LogP contribution is -2.37. The Hall–Kier alpha value is -1.98. The predicted molar refractivity (Wildman–Crippen MR) is 85.6 cm³/mol. The van der Waals surface area contributed by atoms with Crippen LogP contribution in [0, 0.1) is 11.8 Å². The summed E-state index contributed by atoms with van der Waals surface area (Å²) >= 11 is 0. The number of nitrogens with zero attached hydrogens (tertiary/aromatic N) is 3. The number of pyridine rings is 1. The molecule has 0 spiro atoms. The minimum Gasteiger partial charge on any atom is -0.444 e. The van der Waals surface area contributed by atoms with Crippen LogP contribution in [0.2, 0.25) is 0 Å². The maximum Gasteiger partial charge on any atom is 0.410 e. The zero-order valence-electron chi connectivity index (χ0n) is 13.5. The molecule has 6 heteroatoms. The minimum absolute atomic E-state index is 0.192. The Balaban J connectivity index is 1.58. The molecule has 0 aromatic carbocycles. The molecule has 1 aromatic heterocycles. The molecule has 2 N–H and O–H groups in total. The lowest BCUT2D eigenvalue weighted by atomic mass is 10.0. The van der Waals surface area contributed by atoms with Gasteiger partial charge in [-0.05, 0) is 32.9 Å². The van der Waals surface area contributed by atoms with Gasteiger partial charge >= 0.3 is 6.09 Å². The lowest BCUT2D eigenvalue weighted by molar-refractivity contribution is 0.0282. The number of hydrogen-bond acceptors (Lipinski definition) is 5. The highest BCUT2D eigenvalue weighted by atomic mass is 16.6. The number of nitrogens with two attached hydrogens (primary N) is 1. The molecule has 120 valence electrons. The molecule has 2 aliphatic heterocycles. The van der Waals surface area contributed by atoms with Crippen LogP contribution in [0.3, 0.4) is 0 Å². The van der Waals surface area contributed by atoms with Gasteiger partial charge in [0.15, 0.2) is 0 Å². The summed E-state index contributed by atoms with van der Waals surface area (Å²) in [5.74, 6) is 1.55. The molecular weight excluding hydrogens is 280 g/mol. The van der Waals surface area contributed by atoms with Gasteiger partial charge in [0, 0.05) is 38.0 Å². The number of ether oxygens (including phenoxy) is 1. The fourth-order valence-corrected chi connectivity index (χ4v) is 3.26. The molecule has 0 bridgehead atoms. The molecule has 3 rings (SSSR count). The molecule has 0 aliphatic carbocycles. The molecule has 1 aromatic rings. The van der Waals surface area contributed by atoms with Crippen molar-refractivity contribution in [3.8, 4) is 0 Å². The third-order valence-electron chi connectivity index (χ3n) is 4.27. The quantitative estimate of drug-likeness (QED) is 0.859. The van der Waals surface area contributed by atoms with Crippen LogP contribution in [0.5, 0.6) is 0 Å². The van der Waals surface area contributed by atoms with Crippen LogP contribution in [-0.2, 0) is 4.74 Å². The number of aromatic nitrogens is 1. The molecule has 22 heavy (non-hydrogen) atoms. The van der Waals surface area contributed by atoms with Gasteiger partial charge in [-0.15, -0.1) is 0 Å². The predicted octanol–water partition coefficient (Wildman–Crippen LogP) is 1.97. The smallest absolute Gasteiger partial charge is 0.410 e. The topological polar surface area (TPSA) is 71.7 Å². The highest BCUT2D eigenvalue weighted by molar-refractivity contribution is 5.68. The van der Waals surface area contributed by atoms with Crippen molar-refractivity contribution in [3.05, 3.63) is 18.3 Å². The largest absolute Gasteiger partial charge is 0.444 e. The summed E-state index contributed by atoms with van der Waals surface area (Å²) in [6.45, 7) is 9.16. The standard InChI is InChI=1S/C16H24N4O2/c1-16(2,3)22-15(21)20-9-11-7-19(8-12(11)10-20)13-4-5-14(17)18-6-13/h4-6,11-12H,7-10H2,1-3H3,(H2,17,18)/t11-,12+. The van der Waals surface area contributed by atoms with Crippen LogP contribution in [0.4, 0.5) is 16.3 Å². The first-order valence-electron chi connectivity index (χ1n) is 7.76. The van der Waals surface area contributed by atoms with Crippen molar-refractivity contribution < 1.29 is 9.53 Å². The summed E-state index contributed by atoms with van der Waals surface area (Å²) in [6.07, 6.45) is 1.63. The van der Waals surface area contributed by atoms with Crippen molar-refractivity contribution in [2.24, 2.45) is 11.8 Å². The number of anilines is 2. The highest BCUT2D eigenvalue weighted by Crippen LogP contribution is 2.34. The number of rotatable bonds is 1. The van der Waals surface area contributed by atoms with E-state index in [9.17, 15) is 4.79 Å². The third kappa shape index (κ3) is 3.10. The van der Waals surface area contributed by atoms with Crippen LogP contribution >= 0.6 is 0 Å². The molecule has 2 fully saturated rings. The fourth-order valence-electron chi connectivity index (χ4n) is 3.26. The first-order valence-corrected chi connectivity index (χ1v) is 7.76. The average molecular weight is 304 g/mol. The van der Waals surface area contributed by atoms with Gasteiger partial charge in [0.05, 0.1) is 11.9 Å². The molecule has 0 unspecified atom stereocenters. The normalized spacial score (nSPS) is 24.5. The van der Waals surface area contributed by atoms with Gasteiger partial charge in [0.1, 0.15) is 11.4 Å². The van der Waals surface area contributed by atoms with Gasteiger partial charge in [-0.3, -0.25) is 0 Å². The van der Waals surface area contributed by atoms with Gasteiger partial charge in [-0.2, -0.15) is 0 Å². The molecular formula is C16H24N4O2. The van der Waals surface area contributed by atoms with Gasteiger partial charge in [-0.1, -0.05) is 0 Å². The first-order chi connectivity index (χ1) is 10.3. The Morgan fingerprint density at radius 3 is 2.36 bits per heavy atom. The van der Waals surface area contributed by atoms with Crippen molar-refractivity contribution in [1.29, 1.82) is 0 Å². The molecule has 0 radical (unpaired) electrons. The van der Waals surface area contributed by atoms with Crippen molar-refractivity contribution in [2.75, 3.05) is 36.8 Å². The molecule has 3 heterocycles. The second-order valence-corrected chi connectivity index (χ2v) is 7.25. The molecule has 6 nitrogen and oxygen atoms in total. The number of fused-ring (bicyclic) bond motifs is 1. The molecule has 2 aliphatic rings. The summed E-state index contributed by atoms with van der Waals surface area (Å²) in [6, 6.07) is 3.84. The minimum atomic E-state index is -0.434. The number of amides is 1. The number of carbonyl (C=O) groups is 1. The van der Waals surface area contributed by atoms with Crippen molar-refractivity contribution in [1.82, 2.24) is 9.88 Å². The van der Waals surface area contributed by atoms with Crippen molar-refractivity contribution >= 4 is 17.6 Å². The first kappa shape index (κ1) is 14.9. The number of carbonyl (C=O) groups excluding carboxylic acids is 1. The van der Waals surface area contributed by atoms with E-state index in [4.69, 9.17) is 10.5 Å². The Morgan fingerprint density at radius 2 is 1.86 bits per heavy atom. The van der Waals surface area contributed by atoms with Gasteiger partial charge in [0.25, 0.3) is 0 Å². The summed E-state index contributed by atoms with van der Waals surface area (Å²) < 4.78 is 5.46. The van der Waals surface area contributed by atoms with Gasteiger partial charge in [0.2, 0.25) is 0 Å². The second kappa shape index (κ2) is 5.34. The van der Waals surface area contributed by atoms with Crippen LogP contribution in [0.1, 0.15) is 20.8 Å². The van der Waals surface area contributed by atoms with Crippen LogP contribution < -0.4 is 10.6 Å². The van der Waals surface area contributed by atoms with E-state index in [-0.39, 0.29) is 6.09 Å². The van der Waals surface area contributed by atoms with E-state index in [0.29, 0.717) is 17.7 Å². The molecule has 2 atom stereocenters. The number of likely N-dealkylation sites (tertiary alicyclic amines) is 1. The van der Waals surface area contributed by atoms with E-state index < -0.39 is 5.60 Å². The van der Waals surface area contributed by atoms with Gasteiger partial charge in [-0.25, -0.2) is 9.78 Å². The summed E-state index contributed by atoms with van der Waals surface area (Å²) in [5, 5.41) is 0. The number of hydrogen-bond donors (Lipinski definition) is 1. The van der Waals surface area contributed by atoms with E-state index in [1.807, 2.05) is 44.0 Å². The Labute approximate surface area is 131 Å². The summed E-state index contributed by atoms with van der Waals surface area (Å²) in [4.78, 5) is 20.5. The van der Waals surface area contributed by atoms with E-state index in [1.165, 1.54) is 0 Å². The monoisotopic (exact) mass is 304 g/mol. The zero-order valence-corrected chi connectivity index (χ0v) is 13.5. The molecule has 0 saturated carbocycles. The summed E-state index contributed by atoms with van der Waals surface area (Å²) in [7, 11) is 0. The molecule has 1 amide bonds. The maximum atomic E-state index is 12.1. The Kier molecular flexibility index (Phi) is 3.62. The van der Waals surface area contributed by atoms with Crippen LogP contribution in [0.15, 0.2) is 18.3 Å². The van der Waals surface area contributed by atoms with Crippen molar-refractivity contribution in [3.63, 3.8) is 0 Å². The number of nitrogen functional groups attached to an aromatic ring is 1. The Morgan fingerprint density at radius 1 is 1.23 bits per heavy atom. The zero-order chi connectivity index (χ0) is 15.9. The third-order valence-corrected chi connectivity index (χ3v) is 4.27. The maximum absolute atomic E-state index is 12.1. The molecule has 2 saturated heterocycles. The van der Waals surface area contributed by atoms with Crippen LogP contribution in [0.25, 0.3) is 0 Å². The van der Waals surface area contributed by atoms with E-state index in [0.717, 1.165) is 31.9 Å². The highest BCUT2D eigenvalue weighted by Gasteiger charge is 2.42. The van der Waals surface area contributed by atoms with Crippen LogP contribution in [-0.4, -0.2) is 47.8 Å². The fraction of sp³-hybridized carbons (Fsp3) is 0.625. The van der Waals surface area contributed by atoms with E-state index in [1.54, 1.807) is 0 Å². The Bertz CT molecular complexity index is 538.